The number of hydrogen-bond acceptors (Lipinski definition) is 4. The molecule has 5 nitrogen and oxygen atoms in total. The van der Waals surface area contributed by atoms with E-state index in [9.17, 15) is 4.79 Å². The van der Waals surface area contributed by atoms with Crippen LogP contribution >= 0.6 is 23.2 Å². The maximum Gasteiger partial charge on any atom is 0.274 e. The lowest BCUT2D eigenvalue weighted by Gasteiger charge is -2.09. The number of rotatable bonds is 4. The molecule has 0 saturated heterocycles. The van der Waals surface area contributed by atoms with Crippen LogP contribution < -0.4 is 10.6 Å². The number of carbonyl (C=O) groups is 1. The standard InChI is InChI=1S/C15H14Cl2N4O/c1-8-6-13(21-15(18-8)19-10-3-4-10)14(22)20-12-7-9(16)2-5-11(12)17/h2,5-7,10H,3-4H2,1H3,(H,20,22)(H,18,19,21). The molecule has 1 aliphatic rings. The van der Waals surface area contributed by atoms with E-state index < -0.39 is 0 Å². The Kier molecular flexibility index (Phi) is 4.18. The lowest BCUT2D eigenvalue weighted by molar-refractivity contribution is 0.102. The quantitative estimate of drug-likeness (QED) is 0.887. The Labute approximate surface area is 138 Å². The van der Waals surface area contributed by atoms with Gasteiger partial charge >= 0.3 is 0 Å². The maximum atomic E-state index is 12.4. The Balaban J connectivity index is 1.81. The van der Waals surface area contributed by atoms with Crippen molar-refractivity contribution < 1.29 is 4.79 Å². The molecule has 1 aliphatic carbocycles. The van der Waals surface area contributed by atoms with E-state index in [2.05, 4.69) is 20.6 Å². The zero-order chi connectivity index (χ0) is 15.7. The van der Waals surface area contributed by atoms with Crippen LogP contribution in [0.25, 0.3) is 0 Å². The Bertz CT molecular complexity index is 731. The summed E-state index contributed by atoms with van der Waals surface area (Å²) in [4.78, 5) is 20.9. The molecule has 2 aromatic rings. The van der Waals surface area contributed by atoms with Crippen LogP contribution in [-0.2, 0) is 0 Å². The van der Waals surface area contributed by atoms with Gasteiger partial charge in [-0.2, -0.15) is 0 Å². The smallest absolute Gasteiger partial charge is 0.274 e. The molecular weight excluding hydrogens is 323 g/mol. The molecule has 114 valence electrons. The molecule has 22 heavy (non-hydrogen) atoms. The van der Waals surface area contributed by atoms with E-state index in [1.54, 1.807) is 24.3 Å². The van der Waals surface area contributed by atoms with E-state index in [4.69, 9.17) is 23.2 Å². The van der Waals surface area contributed by atoms with E-state index in [0.717, 1.165) is 18.5 Å². The highest BCUT2D eigenvalue weighted by Gasteiger charge is 2.22. The summed E-state index contributed by atoms with van der Waals surface area (Å²) in [6.45, 7) is 1.82. The summed E-state index contributed by atoms with van der Waals surface area (Å²) >= 11 is 12.0. The highest BCUT2D eigenvalue weighted by molar-refractivity contribution is 6.35. The molecule has 0 spiro atoms. The van der Waals surface area contributed by atoms with Crippen molar-refractivity contribution >= 4 is 40.7 Å². The number of anilines is 2. The predicted molar refractivity (Wildman–Crippen MR) is 87.8 cm³/mol. The number of halogens is 2. The lowest BCUT2D eigenvalue weighted by atomic mass is 10.3. The molecular formula is C15H14Cl2N4O. The van der Waals surface area contributed by atoms with Crippen LogP contribution in [-0.4, -0.2) is 21.9 Å². The van der Waals surface area contributed by atoms with Gasteiger partial charge in [0.05, 0.1) is 10.7 Å². The van der Waals surface area contributed by atoms with E-state index >= 15 is 0 Å². The van der Waals surface area contributed by atoms with Gasteiger partial charge in [0.1, 0.15) is 5.69 Å². The fourth-order valence-corrected chi connectivity index (χ4v) is 2.28. The third-order valence-electron chi connectivity index (χ3n) is 3.17. The number of aromatic nitrogens is 2. The summed E-state index contributed by atoms with van der Waals surface area (Å²) in [5, 5.41) is 6.82. The Morgan fingerprint density at radius 1 is 1.23 bits per heavy atom. The minimum Gasteiger partial charge on any atom is -0.351 e. The molecule has 1 heterocycles. The van der Waals surface area contributed by atoms with E-state index in [1.807, 2.05) is 6.92 Å². The number of hydrogen-bond donors (Lipinski definition) is 2. The third-order valence-corrected chi connectivity index (χ3v) is 3.74. The minimum absolute atomic E-state index is 0.284. The lowest BCUT2D eigenvalue weighted by Crippen LogP contribution is -2.16. The average molecular weight is 337 g/mol. The maximum absolute atomic E-state index is 12.4. The van der Waals surface area contributed by atoms with Crippen molar-refractivity contribution in [2.75, 3.05) is 10.6 Å². The second kappa shape index (κ2) is 6.10. The Hall–Kier alpha value is -1.85. The second-order valence-electron chi connectivity index (χ2n) is 5.22. The second-order valence-corrected chi connectivity index (χ2v) is 6.06. The van der Waals surface area contributed by atoms with Crippen LogP contribution in [0.1, 0.15) is 29.0 Å². The van der Waals surface area contributed by atoms with Gasteiger partial charge in [-0.25, -0.2) is 9.97 Å². The molecule has 1 aromatic heterocycles. The highest BCUT2D eigenvalue weighted by Crippen LogP contribution is 2.26. The van der Waals surface area contributed by atoms with Crippen molar-refractivity contribution in [1.82, 2.24) is 9.97 Å². The number of benzene rings is 1. The van der Waals surface area contributed by atoms with Gasteiger partial charge in [-0.05, 0) is 44.0 Å². The minimum atomic E-state index is -0.353. The van der Waals surface area contributed by atoms with Gasteiger partial charge in [0.15, 0.2) is 0 Å². The van der Waals surface area contributed by atoms with Crippen molar-refractivity contribution in [3.05, 3.63) is 45.7 Å². The van der Waals surface area contributed by atoms with Crippen LogP contribution in [0.3, 0.4) is 0 Å². The first kappa shape index (κ1) is 15.1. The number of nitrogens with zero attached hydrogens (tertiary/aromatic N) is 2. The van der Waals surface area contributed by atoms with E-state index in [0.29, 0.717) is 27.7 Å². The van der Waals surface area contributed by atoms with Gasteiger partial charge in [-0.15, -0.1) is 0 Å². The molecule has 3 rings (SSSR count). The first-order chi connectivity index (χ1) is 10.5. The average Bonchev–Trinajstić information content (AvgIpc) is 3.26. The largest absolute Gasteiger partial charge is 0.351 e. The van der Waals surface area contributed by atoms with E-state index in [1.165, 1.54) is 0 Å². The van der Waals surface area contributed by atoms with Gasteiger partial charge < -0.3 is 10.6 Å². The summed E-state index contributed by atoms with van der Waals surface area (Å²) in [5.41, 5.74) is 1.46. The van der Waals surface area contributed by atoms with Gasteiger partial charge in [0, 0.05) is 16.8 Å². The third kappa shape index (κ3) is 3.67. The highest BCUT2D eigenvalue weighted by atomic mass is 35.5. The molecule has 0 unspecified atom stereocenters. The van der Waals surface area contributed by atoms with Gasteiger partial charge in [-0.3, -0.25) is 4.79 Å². The fraction of sp³-hybridized carbons (Fsp3) is 0.267. The Morgan fingerprint density at radius 2 is 2.00 bits per heavy atom. The van der Waals surface area contributed by atoms with Crippen LogP contribution in [0.15, 0.2) is 24.3 Å². The molecule has 1 amide bonds. The predicted octanol–water partition coefficient (Wildman–Crippen LogP) is 3.92. The number of amides is 1. The van der Waals surface area contributed by atoms with Crippen LogP contribution in [0.2, 0.25) is 10.0 Å². The van der Waals surface area contributed by atoms with Crippen molar-refractivity contribution in [2.24, 2.45) is 0 Å². The summed E-state index contributed by atoms with van der Waals surface area (Å²) in [7, 11) is 0. The van der Waals surface area contributed by atoms with Gasteiger partial charge in [0.25, 0.3) is 5.91 Å². The van der Waals surface area contributed by atoms with Crippen LogP contribution in [0.5, 0.6) is 0 Å². The first-order valence-electron chi connectivity index (χ1n) is 6.90. The first-order valence-corrected chi connectivity index (χ1v) is 7.65. The SMILES string of the molecule is Cc1cc(C(=O)Nc2cc(Cl)ccc2Cl)nc(NC2CC2)n1. The molecule has 0 radical (unpaired) electrons. The molecule has 0 bridgehead atoms. The molecule has 1 aromatic carbocycles. The molecule has 0 aliphatic heterocycles. The van der Waals surface area contributed by atoms with Crippen molar-refractivity contribution in [2.45, 2.75) is 25.8 Å². The van der Waals surface area contributed by atoms with Crippen LogP contribution in [0.4, 0.5) is 11.6 Å². The summed E-state index contributed by atoms with van der Waals surface area (Å²) in [6, 6.07) is 6.93. The topological polar surface area (TPSA) is 66.9 Å². The summed E-state index contributed by atoms with van der Waals surface area (Å²) < 4.78 is 0. The van der Waals surface area contributed by atoms with Crippen molar-refractivity contribution in [3.63, 3.8) is 0 Å². The zero-order valence-electron chi connectivity index (χ0n) is 11.9. The molecule has 1 saturated carbocycles. The number of carbonyl (C=O) groups excluding carboxylic acids is 1. The molecule has 2 N–H and O–H groups in total. The number of nitrogens with one attached hydrogen (secondary N) is 2. The fourth-order valence-electron chi connectivity index (χ4n) is 1.94. The van der Waals surface area contributed by atoms with Gasteiger partial charge in [-0.1, -0.05) is 23.2 Å². The molecule has 0 atom stereocenters. The molecule has 7 heteroatoms. The monoisotopic (exact) mass is 336 g/mol. The summed E-state index contributed by atoms with van der Waals surface area (Å²) in [5.74, 6) is 0.123. The molecule has 1 fully saturated rings. The summed E-state index contributed by atoms with van der Waals surface area (Å²) in [6.07, 6.45) is 2.22. The van der Waals surface area contributed by atoms with Crippen molar-refractivity contribution in [1.29, 1.82) is 0 Å². The van der Waals surface area contributed by atoms with E-state index in [-0.39, 0.29) is 11.6 Å². The zero-order valence-corrected chi connectivity index (χ0v) is 13.4. The van der Waals surface area contributed by atoms with Crippen LogP contribution in [0, 0.1) is 6.92 Å². The van der Waals surface area contributed by atoms with Crippen molar-refractivity contribution in [3.8, 4) is 0 Å². The van der Waals surface area contributed by atoms with Gasteiger partial charge in [0.2, 0.25) is 5.95 Å². The Morgan fingerprint density at radius 3 is 2.73 bits per heavy atom. The normalized spacial score (nSPS) is 13.8. The number of aryl methyl sites for hydroxylation is 1.